The van der Waals surface area contributed by atoms with E-state index in [9.17, 15) is 9.59 Å². The smallest absolute Gasteiger partial charge is 0.243 e. The van der Waals surface area contributed by atoms with Crippen LogP contribution in [0.3, 0.4) is 0 Å². The van der Waals surface area contributed by atoms with Gasteiger partial charge in [0, 0.05) is 19.2 Å². The Labute approximate surface area is 145 Å². The van der Waals surface area contributed by atoms with E-state index in [0.29, 0.717) is 12.3 Å². The number of hydrogen-bond donors (Lipinski definition) is 1. The highest BCUT2D eigenvalue weighted by molar-refractivity contribution is 5.95. The number of carbonyl (C=O) groups is 2. The van der Waals surface area contributed by atoms with Crippen LogP contribution in [0.25, 0.3) is 0 Å². The van der Waals surface area contributed by atoms with Gasteiger partial charge < -0.3 is 10.2 Å². The third kappa shape index (κ3) is 5.36. The molecule has 1 aromatic rings. The lowest BCUT2D eigenvalue weighted by Gasteiger charge is -2.23. The van der Waals surface area contributed by atoms with Gasteiger partial charge in [-0.3, -0.25) is 9.59 Å². The lowest BCUT2D eigenvalue weighted by atomic mass is 9.86. The molecule has 0 aliphatic heterocycles. The molecule has 1 aliphatic rings. The minimum atomic E-state index is -0.141. The summed E-state index contributed by atoms with van der Waals surface area (Å²) in [7, 11) is 1.71. The Bertz CT molecular complexity index is 577. The molecule has 0 saturated heterocycles. The quantitative estimate of drug-likeness (QED) is 0.855. The van der Waals surface area contributed by atoms with Gasteiger partial charge in [-0.1, -0.05) is 44.2 Å². The van der Waals surface area contributed by atoms with E-state index in [1.54, 1.807) is 11.9 Å². The van der Waals surface area contributed by atoms with Crippen molar-refractivity contribution in [1.82, 2.24) is 4.90 Å². The molecule has 24 heavy (non-hydrogen) atoms. The van der Waals surface area contributed by atoms with Crippen LogP contribution >= 0.6 is 0 Å². The van der Waals surface area contributed by atoms with E-state index in [-0.39, 0.29) is 18.4 Å². The van der Waals surface area contributed by atoms with Crippen LogP contribution < -0.4 is 5.32 Å². The highest BCUT2D eigenvalue weighted by Gasteiger charge is 2.18. The summed E-state index contributed by atoms with van der Waals surface area (Å²) in [6.45, 7) is 4.12. The first-order valence-electron chi connectivity index (χ1n) is 9.07. The van der Waals surface area contributed by atoms with E-state index in [2.05, 4.69) is 5.32 Å². The van der Waals surface area contributed by atoms with Crippen molar-refractivity contribution in [2.24, 2.45) is 5.92 Å². The largest absolute Gasteiger partial charge is 0.336 e. The Balaban J connectivity index is 1.77. The van der Waals surface area contributed by atoms with Gasteiger partial charge >= 0.3 is 0 Å². The van der Waals surface area contributed by atoms with Gasteiger partial charge in [0.25, 0.3) is 0 Å². The number of hydrogen-bond acceptors (Lipinski definition) is 2. The van der Waals surface area contributed by atoms with Gasteiger partial charge in [-0.15, -0.1) is 0 Å². The van der Waals surface area contributed by atoms with E-state index in [0.717, 1.165) is 23.2 Å². The van der Waals surface area contributed by atoms with Crippen LogP contribution in [0.2, 0.25) is 0 Å². The monoisotopic (exact) mass is 330 g/mol. The average molecular weight is 330 g/mol. The molecular formula is C20H30N2O2. The van der Waals surface area contributed by atoms with Crippen LogP contribution in [-0.2, 0) is 9.59 Å². The SMILES string of the molecule is Cc1cccc(NC(=O)CN(C)C(=O)CCC2CCCCC2)c1C. The molecule has 1 N–H and O–H groups in total. The molecule has 1 aromatic carbocycles. The maximum absolute atomic E-state index is 12.2. The zero-order valence-corrected chi connectivity index (χ0v) is 15.2. The third-order valence-electron chi connectivity index (χ3n) is 5.18. The van der Waals surface area contributed by atoms with Crippen LogP contribution in [-0.4, -0.2) is 30.3 Å². The fraction of sp³-hybridized carbons (Fsp3) is 0.600. The highest BCUT2D eigenvalue weighted by Crippen LogP contribution is 2.27. The molecule has 0 aromatic heterocycles. The highest BCUT2D eigenvalue weighted by atomic mass is 16.2. The molecule has 2 rings (SSSR count). The number of benzene rings is 1. The summed E-state index contributed by atoms with van der Waals surface area (Å²) in [6.07, 6.45) is 7.96. The molecule has 1 fully saturated rings. The number of rotatable bonds is 6. The number of likely N-dealkylation sites (N-methyl/N-ethyl adjacent to an activating group) is 1. The molecule has 4 nitrogen and oxygen atoms in total. The van der Waals surface area contributed by atoms with Gasteiger partial charge in [-0.25, -0.2) is 0 Å². The summed E-state index contributed by atoms with van der Waals surface area (Å²) in [5.41, 5.74) is 3.03. The topological polar surface area (TPSA) is 49.4 Å². The van der Waals surface area contributed by atoms with E-state index in [1.165, 1.54) is 32.1 Å². The molecule has 0 bridgehead atoms. The molecule has 0 spiro atoms. The van der Waals surface area contributed by atoms with Crippen LogP contribution in [0, 0.1) is 19.8 Å². The first-order chi connectivity index (χ1) is 11.5. The number of anilines is 1. The first-order valence-corrected chi connectivity index (χ1v) is 9.07. The van der Waals surface area contributed by atoms with Crippen molar-refractivity contribution in [3.63, 3.8) is 0 Å². The molecule has 0 atom stereocenters. The predicted molar refractivity (Wildman–Crippen MR) is 98.0 cm³/mol. The fourth-order valence-electron chi connectivity index (χ4n) is 3.37. The minimum absolute atomic E-state index is 0.0664. The average Bonchev–Trinajstić information content (AvgIpc) is 2.57. The van der Waals surface area contributed by atoms with E-state index in [4.69, 9.17) is 0 Å². The van der Waals surface area contributed by atoms with E-state index >= 15 is 0 Å². The van der Waals surface area contributed by atoms with Crippen molar-refractivity contribution < 1.29 is 9.59 Å². The van der Waals surface area contributed by atoms with Gasteiger partial charge in [0.1, 0.15) is 0 Å². The summed E-state index contributed by atoms with van der Waals surface area (Å²) in [5, 5.41) is 2.91. The Morgan fingerprint density at radius 2 is 1.88 bits per heavy atom. The van der Waals surface area contributed by atoms with Gasteiger partial charge in [0.05, 0.1) is 6.54 Å². The first kappa shape index (κ1) is 18.5. The Morgan fingerprint density at radius 1 is 1.17 bits per heavy atom. The Kier molecular flexibility index (Phi) is 6.83. The number of aryl methyl sites for hydroxylation is 1. The van der Waals surface area contributed by atoms with Crippen molar-refractivity contribution >= 4 is 17.5 Å². The Morgan fingerprint density at radius 3 is 2.58 bits per heavy atom. The number of amides is 2. The molecule has 0 radical (unpaired) electrons. The van der Waals surface area contributed by atoms with Crippen LogP contribution in [0.15, 0.2) is 18.2 Å². The summed E-state index contributed by atoms with van der Waals surface area (Å²) in [6, 6.07) is 5.84. The number of nitrogens with one attached hydrogen (secondary N) is 1. The number of carbonyl (C=O) groups excluding carboxylic acids is 2. The molecule has 0 unspecified atom stereocenters. The third-order valence-corrected chi connectivity index (χ3v) is 5.18. The zero-order valence-electron chi connectivity index (χ0n) is 15.2. The summed E-state index contributed by atoms with van der Waals surface area (Å²) >= 11 is 0. The standard InChI is InChI=1S/C20H30N2O2/c1-15-8-7-11-18(16(15)2)21-19(23)14-22(3)20(24)13-12-17-9-5-4-6-10-17/h7-8,11,17H,4-6,9-10,12-14H2,1-3H3,(H,21,23). The second kappa shape index (κ2) is 8.86. The van der Waals surface area contributed by atoms with Crippen molar-refractivity contribution in [2.75, 3.05) is 18.9 Å². The summed E-state index contributed by atoms with van der Waals surface area (Å²) in [5.74, 6) is 0.619. The molecule has 132 valence electrons. The van der Waals surface area contributed by atoms with Crippen molar-refractivity contribution in [3.8, 4) is 0 Å². The summed E-state index contributed by atoms with van der Waals surface area (Å²) < 4.78 is 0. The van der Waals surface area contributed by atoms with Crippen LogP contribution in [0.1, 0.15) is 56.1 Å². The van der Waals surface area contributed by atoms with Gasteiger partial charge in [-0.05, 0) is 43.4 Å². The number of nitrogens with zero attached hydrogens (tertiary/aromatic N) is 1. The van der Waals surface area contributed by atoms with Crippen LogP contribution in [0.5, 0.6) is 0 Å². The zero-order chi connectivity index (χ0) is 17.5. The van der Waals surface area contributed by atoms with Crippen LogP contribution in [0.4, 0.5) is 5.69 Å². The maximum atomic E-state index is 12.2. The van der Waals surface area contributed by atoms with E-state index < -0.39 is 0 Å². The minimum Gasteiger partial charge on any atom is -0.336 e. The molecule has 1 aliphatic carbocycles. The molecule has 1 saturated carbocycles. The second-order valence-electron chi connectivity index (χ2n) is 7.09. The fourth-order valence-corrected chi connectivity index (χ4v) is 3.37. The van der Waals surface area contributed by atoms with Crippen molar-refractivity contribution in [1.29, 1.82) is 0 Å². The Hall–Kier alpha value is -1.84. The lowest BCUT2D eigenvalue weighted by molar-refractivity contribution is -0.133. The normalized spacial score (nSPS) is 15.1. The van der Waals surface area contributed by atoms with Gasteiger partial charge in [0.2, 0.25) is 11.8 Å². The van der Waals surface area contributed by atoms with E-state index in [1.807, 2.05) is 32.0 Å². The maximum Gasteiger partial charge on any atom is 0.243 e. The van der Waals surface area contributed by atoms with Gasteiger partial charge in [0.15, 0.2) is 0 Å². The molecule has 2 amide bonds. The molecule has 0 heterocycles. The molecular weight excluding hydrogens is 300 g/mol. The van der Waals surface area contributed by atoms with Gasteiger partial charge in [-0.2, -0.15) is 0 Å². The molecule has 4 heteroatoms. The lowest BCUT2D eigenvalue weighted by Crippen LogP contribution is -2.35. The predicted octanol–water partition coefficient (Wildman–Crippen LogP) is 4.06. The summed E-state index contributed by atoms with van der Waals surface area (Å²) in [4.78, 5) is 26.0. The van der Waals surface area contributed by atoms with Crippen molar-refractivity contribution in [2.45, 2.75) is 58.8 Å². The second-order valence-corrected chi connectivity index (χ2v) is 7.09. The van der Waals surface area contributed by atoms with Crippen molar-refractivity contribution in [3.05, 3.63) is 29.3 Å².